The van der Waals surface area contributed by atoms with Crippen molar-refractivity contribution in [2.24, 2.45) is 0 Å². The van der Waals surface area contributed by atoms with Gasteiger partial charge in [-0.25, -0.2) is 4.79 Å². The quantitative estimate of drug-likeness (QED) is 0.216. The fraction of sp³-hybridized carbons (Fsp3) is 0.500. The minimum absolute atomic E-state index is 0. The van der Waals surface area contributed by atoms with Crippen LogP contribution in [0.15, 0.2) is 12.2 Å². The van der Waals surface area contributed by atoms with Gasteiger partial charge in [-0.2, -0.15) is 0 Å². The van der Waals surface area contributed by atoms with E-state index in [2.05, 4.69) is 11.3 Å². The Bertz CT molecular complexity index is 226. The molecule has 0 aromatic rings. The largest absolute Gasteiger partial charge is 1.00 e. The Morgan fingerprint density at radius 1 is 1.50 bits per heavy atom. The van der Waals surface area contributed by atoms with Gasteiger partial charge in [0.2, 0.25) is 0 Å². The van der Waals surface area contributed by atoms with Gasteiger partial charge in [-0.05, 0) is 12.7 Å². The SMILES string of the molecule is C=C(C)C(=O)OCC[S-](=O)=O.[Na+]. The van der Waals surface area contributed by atoms with Gasteiger partial charge in [-0.1, -0.05) is 17.3 Å². The number of carbonyl (C=O) groups is 1. The van der Waals surface area contributed by atoms with Crippen molar-refractivity contribution in [1.29, 1.82) is 0 Å². The summed E-state index contributed by atoms with van der Waals surface area (Å²) in [5, 5.41) is 0. The smallest absolute Gasteiger partial charge is 0.464 e. The molecule has 0 atom stereocenters. The third-order valence-electron chi connectivity index (χ3n) is 0.832. The van der Waals surface area contributed by atoms with E-state index in [1.165, 1.54) is 6.92 Å². The number of hydrogen-bond donors (Lipinski definition) is 0. The maximum atomic E-state index is 10.6. The average Bonchev–Trinajstić information content (AvgIpc) is 1.86. The molecule has 0 unspecified atom stereocenters. The molecule has 0 spiro atoms. The van der Waals surface area contributed by atoms with E-state index in [0.29, 0.717) is 0 Å². The summed E-state index contributed by atoms with van der Waals surface area (Å²) in [5.74, 6) is -0.727. The second-order valence-electron chi connectivity index (χ2n) is 1.92. The van der Waals surface area contributed by atoms with Crippen LogP contribution < -0.4 is 29.6 Å². The number of carbonyl (C=O) groups excluding carboxylic acids is 1. The van der Waals surface area contributed by atoms with Crippen molar-refractivity contribution < 1.29 is 47.5 Å². The average molecular weight is 200 g/mol. The van der Waals surface area contributed by atoms with Crippen LogP contribution in [0, 0.1) is 0 Å². The minimum Gasteiger partial charge on any atom is -0.464 e. The summed E-state index contributed by atoms with van der Waals surface area (Å²) >= 11 is 0. The van der Waals surface area contributed by atoms with Crippen molar-refractivity contribution in [3.8, 4) is 0 Å². The predicted octanol–water partition coefficient (Wildman–Crippen LogP) is -2.58. The first-order valence-corrected chi connectivity index (χ1v) is 4.17. The van der Waals surface area contributed by atoms with Gasteiger partial charge in [-0.15, -0.1) is 0 Å². The summed E-state index contributed by atoms with van der Waals surface area (Å²) in [6.07, 6.45) is 0. The maximum Gasteiger partial charge on any atom is 1.00 e. The molecule has 0 fully saturated rings. The van der Waals surface area contributed by atoms with Gasteiger partial charge in [0.05, 0.1) is 6.61 Å². The van der Waals surface area contributed by atoms with E-state index in [1.807, 2.05) is 0 Å². The Morgan fingerprint density at radius 3 is 2.33 bits per heavy atom. The summed E-state index contributed by atoms with van der Waals surface area (Å²) < 4.78 is 24.4. The first-order chi connectivity index (χ1) is 5.04. The molecule has 0 aliphatic carbocycles. The van der Waals surface area contributed by atoms with Crippen molar-refractivity contribution >= 4 is 16.7 Å². The molecule has 0 aromatic heterocycles. The van der Waals surface area contributed by atoms with E-state index < -0.39 is 16.7 Å². The first kappa shape index (κ1) is 14.7. The normalized spacial score (nSPS) is 8.83. The number of esters is 1. The Balaban J connectivity index is 0. The molecule has 0 aliphatic rings. The van der Waals surface area contributed by atoms with Crippen molar-refractivity contribution in [2.75, 3.05) is 12.4 Å². The monoisotopic (exact) mass is 200 g/mol. The standard InChI is InChI=1S/C6H9O4S.Na/c1-5(2)6(7)10-3-4-11(8)9;/h1,3-4H2,2H3;/q-1;+1. The van der Waals surface area contributed by atoms with E-state index >= 15 is 0 Å². The van der Waals surface area contributed by atoms with Crippen LogP contribution in [-0.4, -0.2) is 18.3 Å². The molecule has 0 aliphatic heterocycles. The van der Waals surface area contributed by atoms with Crippen molar-refractivity contribution in [3.05, 3.63) is 12.2 Å². The molecule has 0 saturated carbocycles. The van der Waals surface area contributed by atoms with E-state index in [4.69, 9.17) is 0 Å². The third-order valence-corrected chi connectivity index (χ3v) is 1.33. The van der Waals surface area contributed by atoms with E-state index in [1.54, 1.807) is 0 Å². The minimum atomic E-state index is -2.15. The molecule has 0 saturated heterocycles. The van der Waals surface area contributed by atoms with Gasteiger partial charge in [-0.3, -0.25) is 0 Å². The molecule has 0 aromatic carbocycles. The van der Waals surface area contributed by atoms with Gasteiger partial charge in [0.25, 0.3) is 0 Å². The second kappa shape index (κ2) is 7.79. The Morgan fingerprint density at radius 2 is 2.00 bits per heavy atom. The molecular weight excluding hydrogens is 191 g/mol. The predicted molar refractivity (Wildman–Crippen MR) is 39.4 cm³/mol. The zero-order valence-electron chi connectivity index (χ0n) is 7.16. The number of rotatable bonds is 4. The van der Waals surface area contributed by atoms with Crippen LogP contribution in [0.3, 0.4) is 0 Å². The van der Waals surface area contributed by atoms with Gasteiger partial charge in [0.15, 0.2) is 0 Å². The van der Waals surface area contributed by atoms with Gasteiger partial charge in [0.1, 0.15) is 0 Å². The summed E-state index contributed by atoms with van der Waals surface area (Å²) in [6, 6.07) is 0. The molecule has 64 valence electrons. The van der Waals surface area contributed by atoms with E-state index in [9.17, 15) is 13.2 Å². The van der Waals surface area contributed by atoms with Gasteiger partial charge >= 0.3 is 35.5 Å². The zero-order valence-corrected chi connectivity index (χ0v) is 9.98. The maximum absolute atomic E-state index is 10.6. The summed E-state index contributed by atoms with van der Waals surface area (Å²) in [6.45, 7) is 4.71. The van der Waals surface area contributed by atoms with Crippen molar-refractivity contribution in [1.82, 2.24) is 0 Å². The fourth-order valence-corrected chi connectivity index (χ4v) is 0.545. The summed E-state index contributed by atoms with van der Waals surface area (Å²) in [4.78, 5) is 10.6. The van der Waals surface area contributed by atoms with Crippen LogP contribution in [0.5, 0.6) is 0 Å². The molecule has 0 bridgehead atoms. The zero-order chi connectivity index (χ0) is 8.85. The molecule has 0 rings (SSSR count). The van der Waals surface area contributed by atoms with E-state index in [0.717, 1.165) is 0 Å². The Hall–Kier alpha value is 0.160. The Labute approximate surface area is 95.2 Å². The van der Waals surface area contributed by atoms with Gasteiger partial charge < -0.3 is 13.2 Å². The second-order valence-corrected chi connectivity index (χ2v) is 2.94. The molecule has 4 nitrogen and oxygen atoms in total. The topological polar surface area (TPSA) is 60.4 Å². The molecule has 0 heterocycles. The number of ether oxygens (including phenoxy) is 1. The first-order valence-electron chi connectivity index (χ1n) is 2.92. The fourth-order valence-electron chi connectivity index (χ4n) is 0.326. The van der Waals surface area contributed by atoms with Gasteiger partial charge in [0, 0.05) is 5.57 Å². The van der Waals surface area contributed by atoms with Crippen LogP contribution in [0.1, 0.15) is 6.92 Å². The number of hydrogen-bond acceptors (Lipinski definition) is 5. The van der Waals surface area contributed by atoms with Crippen LogP contribution in [0.4, 0.5) is 0 Å². The van der Waals surface area contributed by atoms with Crippen LogP contribution in [0.2, 0.25) is 0 Å². The molecule has 0 radical (unpaired) electrons. The summed E-state index contributed by atoms with van der Waals surface area (Å²) in [7, 11) is -2.15. The third kappa shape index (κ3) is 8.26. The van der Waals surface area contributed by atoms with Crippen LogP contribution >= 0.6 is 0 Å². The van der Waals surface area contributed by atoms with Crippen molar-refractivity contribution in [2.45, 2.75) is 6.92 Å². The van der Waals surface area contributed by atoms with Crippen LogP contribution in [-0.2, 0) is 28.7 Å². The molecular formula is C6H9NaO4S. The Kier molecular flexibility index (Phi) is 9.53. The van der Waals surface area contributed by atoms with Crippen molar-refractivity contribution in [3.63, 3.8) is 0 Å². The molecule has 6 heteroatoms. The molecule has 0 amide bonds. The molecule has 12 heavy (non-hydrogen) atoms. The molecule has 0 N–H and O–H groups in total. The summed E-state index contributed by atoms with van der Waals surface area (Å²) in [5.41, 5.74) is 0.265. The van der Waals surface area contributed by atoms with Crippen LogP contribution in [0.25, 0.3) is 0 Å². The van der Waals surface area contributed by atoms with E-state index in [-0.39, 0.29) is 47.5 Å².